The summed E-state index contributed by atoms with van der Waals surface area (Å²) in [5.41, 5.74) is 2.06. The Morgan fingerprint density at radius 2 is 2.11 bits per heavy atom. The van der Waals surface area contributed by atoms with E-state index >= 15 is 0 Å². The number of carbonyl (C=O) groups is 1. The zero-order valence-corrected chi connectivity index (χ0v) is 15.4. The van der Waals surface area contributed by atoms with Crippen LogP contribution >= 0.6 is 0 Å². The fraction of sp³-hybridized carbons (Fsp3) is 0.350. The molecule has 0 bridgehead atoms. The van der Waals surface area contributed by atoms with Gasteiger partial charge in [0.25, 0.3) is 0 Å². The molecule has 28 heavy (non-hydrogen) atoms. The van der Waals surface area contributed by atoms with Crippen molar-refractivity contribution in [3.8, 4) is 11.5 Å². The zero-order chi connectivity index (χ0) is 19.5. The molecule has 7 nitrogen and oxygen atoms in total. The summed E-state index contributed by atoms with van der Waals surface area (Å²) in [6.07, 6.45) is 3.37. The van der Waals surface area contributed by atoms with Gasteiger partial charge in [0.05, 0.1) is 11.2 Å². The number of fused-ring (bicyclic) bond motifs is 3. The minimum Gasteiger partial charge on any atom is -0.454 e. The average molecular weight is 382 g/mol. The van der Waals surface area contributed by atoms with Gasteiger partial charge >= 0.3 is 0 Å². The Morgan fingerprint density at radius 3 is 2.82 bits per heavy atom. The van der Waals surface area contributed by atoms with Crippen molar-refractivity contribution in [2.45, 2.75) is 31.6 Å². The first kappa shape index (κ1) is 17.0. The lowest BCUT2D eigenvalue weighted by Gasteiger charge is -2.17. The van der Waals surface area contributed by atoms with Gasteiger partial charge in [0.1, 0.15) is 5.82 Å². The summed E-state index contributed by atoms with van der Waals surface area (Å²) in [7, 11) is 0. The van der Waals surface area contributed by atoms with E-state index in [0.29, 0.717) is 23.3 Å². The average Bonchev–Trinajstić information content (AvgIpc) is 3.29. The normalized spacial score (nSPS) is 17.8. The lowest BCUT2D eigenvalue weighted by atomic mass is 10.0. The number of nitrogens with zero attached hydrogens (tertiary/aromatic N) is 3. The Balaban J connectivity index is 1.47. The predicted molar refractivity (Wildman–Crippen MR) is 101 cm³/mol. The number of benzene rings is 1. The molecule has 1 spiro atoms. The molecule has 0 unspecified atom stereocenters. The second-order valence-electron chi connectivity index (χ2n) is 7.38. The highest BCUT2D eigenvalue weighted by Gasteiger charge is 2.60. The third kappa shape index (κ3) is 2.51. The molecule has 2 aliphatic heterocycles. The van der Waals surface area contributed by atoms with Gasteiger partial charge in [-0.25, -0.2) is 9.37 Å². The Labute approximate surface area is 161 Å². The van der Waals surface area contributed by atoms with Gasteiger partial charge in [0.15, 0.2) is 11.5 Å². The molecule has 1 saturated carbocycles. The van der Waals surface area contributed by atoms with Gasteiger partial charge in [-0.15, -0.1) is 0 Å². The number of hydrogen-bond acceptors (Lipinski definition) is 6. The molecule has 1 N–H and O–H groups in total. The molecule has 1 aliphatic carbocycles. The summed E-state index contributed by atoms with van der Waals surface area (Å²) in [5.74, 6) is 1.82. The molecule has 3 heterocycles. The van der Waals surface area contributed by atoms with E-state index in [1.54, 1.807) is 11.1 Å². The second kappa shape index (κ2) is 5.92. The molecule has 3 aliphatic rings. The van der Waals surface area contributed by atoms with Crippen molar-refractivity contribution >= 4 is 23.4 Å². The zero-order valence-electron chi connectivity index (χ0n) is 15.4. The van der Waals surface area contributed by atoms with Crippen LogP contribution in [0.4, 0.5) is 21.8 Å². The molecule has 1 fully saturated rings. The standard InChI is InChI=1S/C20H19FN4O3/c1-11-7-15-16(28-10-27-15)8-14(11)23-19-22-9-13-17(24-19)25(6-3-12(2)21)18(26)20(13)4-5-20/h7-9H,2-6,10H2,1H3,(H,22,23,24). The quantitative estimate of drug-likeness (QED) is 0.853. The van der Waals surface area contributed by atoms with Crippen LogP contribution in [0.25, 0.3) is 0 Å². The van der Waals surface area contributed by atoms with Gasteiger partial charge in [-0.1, -0.05) is 6.58 Å². The smallest absolute Gasteiger partial charge is 0.239 e. The van der Waals surface area contributed by atoms with Crippen LogP contribution in [0.2, 0.25) is 0 Å². The first-order valence-electron chi connectivity index (χ1n) is 9.18. The van der Waals surface area contributed by atoms with Crippen molar-refractivity contribution in [2.24, 2.45) is 0 Å². The Kier molecular flexibility index (Phi) is 3.59. The number of carbonyl (C=O) groups excluding carboxylic acids is 1. The van der Waals surface area contributed by atoms with Gasteiger partial charge in [-0.05, 0) is 31.4 Å². The van der Waals surface area contributed by atoms with Crippen LogP contribution in [0.15, 0.2) is 30.7 Å². The monoisotopic (exact) mass is 382 g/mol. The summed E-state index contributed by atoms with van der Waals surface area (Å²) in [4.78, 5) is 23.4. The number of halogens is 1. The number of rotatable bonds is 5. The topological polar surface area (TPSA) is 76.6 Å². The second-order valence-corrected chi connectivity index (χ2v) is 7.38. The van der Waals surface area contributed by atoms with Crippen LogP contribution < -0.4 is 19.7 Å². The van der Waals surface area contributed by atoms with Crippen LogP contribution in [-0.2, 0) is 10.2 Å². The minimum atomic E-state index is -0.514. The number of ether oxygens (including phenoxy) is 2. The molecule has 0 saturated heterocycles. The third-order valence-corrected chi connectivity index (χ3v) is 5.52. The molecule has 0 radical (unpaired) electrons. The van der Waals surface area contributed by atoms with Crippen molar-refractivity contribution in [2.75, 3.05) is 23.6 Å². The fourth-order valence-electron chi connectivity index (χ4n) is 3.79. The van der Waals surface area contributed by atoms with Crippen LogP contribution in [0.1, 0.15) is 30.4 Å². The SMILES string of the molecule is C=C(F)CCN1C(=O)C2(CC2)c2cnc(Nc3cc4c(cc3C)OCO4)nc21. The van der Waals surface area contributed by atoms with E-state index in [1.807, 2.05) is 19.1 Å². The maximum atomic E-state index is 13.2. The van der Waals surface area contributed by atoms with E-state index in [0.717, 1.165) is 29.7 Å². The Bertz CT molecular complexity index is 1020. The molecule has 1 amide bonds. The van der Waals surface area contributed by atoms with Crippen LogP contribution in [-0.4, -0.2) is 29.2 Å². The van der Waals surface area contributed by atoms with E-state index in [2.05, 4.69) is 21.9 Å². The Hall–Kier alpha value is -3.16. The maximum Gasteiger partial charge on any atom is 0.239 e. The van der Waals surface area contributed by atoms with E-state index in [9.17, 15) is 9.18 Å². The van der Waals surface area contributed by atoms with Crippen LogP contribution in [0, 0.1) is 6.92 Å². The minimum absolute atomic E-state index is 0.0190. The van der Waals surface area contributed by atoms with Gasteiger partial charge in [0.2, 0.25) is 18.6 Å². The van der Waals surface area contributed by atoms with Crippen molar-refractivity contribution in [1.82, 2.24) is 9.97 Å². The lowest BCUT2D eigenvalue weighted by molar-refractivity contribution is -0.120. The number of anilines is 3. The van der Waals surface area contributed by atoms with Crippen molar-refractivity contribution in [3.05, 3.63) is 41.9 Å². The van der Waals surface area contributed by atoms with E-state index in [1.165, 1.54) is 0 Å². The van der Waals surface area contributed by atoms with Crippen LogP contribution in [0.3, 0.4) is 0 Å². The lowest BCUT2D eigenvalue weighted by Crippen LogP contribution is -2.33. The van der Waals surface area contributed by atoms with Gasteiger partial charge in [0, 0.05) is 36.5 Å². The summed E-state index contributed by atoms with van der Waals surface area (Å²) in [6, 6.07) is 3.73. The number of nitrogens with one attached hydrogen (secondary N) is 1. The van der Waals surface area contributed by atoms with Gasteiger partial charge < -0.3 is 14.8 Å². The number of aryl methyl sites for hydroxylation is 1. The molecule has 1 aromatic heterocycles. The highest BCUT2D eigenvalue weighted by Crippen LogP contribution is 2.56. The first-order valence-corrected chi connectivity index (χ1v) is 9.18. The van der Waals surface area contributed by atoms with Crippen molar-refractivity contribution in [3.63, 3.8) is 0 Å². The molecule has 2 aromatic rings. The molecule has 144 valence electrons. The van der Waals surface area contributed by atoms with Crippen LogP contribution in [0.5, 0.6) is 11.5 Å². The summed E-state index contributed by atoms with van der Waals surface area (Å²) >= 11 is 0. The van der Waals surface area contributed by atoms with Crippen molar-refractivity contribution in [1.29, 1.82) is 0 Å². The maximum absolute atomic E-state index is 13.2. The molecular weight excluding hydrogens is 363 g/mol. The highest BCUT2D eigenvalue weighted by molar-refractivity contribution is 6.09. The molecule has 5 rings (SSSR count). The largest absolute Gasteiger partial charge is 0.454 e. The highest BCUT2D eigenvalue weighted by atomic mass is 19.1. The number of aromatic nitrogens is 2. The van der Waals surface area contributed by atoms with Crippen molar-refractivity contribution < 1.29 is 18.7 Å². The van der Waals surface area contributed by atoms with E-state index in [-0.39, 0.29) is 25.7 Å². The van der Waals surface area contributed by atoms with E-state index in [4.69, 9.17) is 9.47 Å². The number of amides is 1. The summed E-state index contributed by atoms with van der Waals surface area (Å²) in [5, 5.41) is 3.19. The Morgan fingerprint density at radius 1 is 1.36 bits per heavy atom. The summed E-state index contributed by atoms with van der Waals surface area (Å²) < 4.78 is 24.0. The molecular formula is C20H19FN4O3. The van der Waals surface area contributed by atoms with Gasteiger partial charge in [-0.3, -0.25) is 9.69 Å². The third-order valence-electron chi connectivity index (χ3n) is 5.52. The van der Waals surface area contributed by atoms with Gasteiger partial charge in [-0.2, -0.15) is 4.98 Å². The summed E-state index contributed by atoms with van der Waals surface area (Å²) in [6.45, 7) is 5.66. The molecule has 8 heteroatoms. The van der Waals surface area contributed by atoms with E-state index < -0.39 is 11.2 Å². The molecule has 0 atom stereocenters. The number of hydrogen-bond donors (Lipinski definition) is 1. The molecule has 1 aromatic carbocycles. The first-order chi connectivity index (χ1) is 13.5. The fourth-order valence-corrected chi connectivity index (χ4v) is 3.79. The predicted octanol–water partition coefficient (Wildman–Crippen LogP) is 3.51.